The average Bonchev–Trinajstić information content (AvgIpc) is 2.37. The van der Waals surface area contributed by atoms with Crippen molar-refractivity contribution in [1.29, 1.82) is 0 Å². The van der Waals surface area contributed by atoms with Crippen LogP contribution in [0.5, 0.6) is 0 Å². The lowest BCUT2D eigenvalue weighted by atomic mass is 10.0. The minimum absolute atomic E-state index is 0.186. The number of benzene rings is 1. The summed E-state index contributed by atoms with van der Waals surface area (Å²) in [7, 11) is 0. The van der Waals surface area contributed by atoms with Crippen LogP contribution in [0.25, 0.3) is 0 Å². The number of carbonyl (C=O) groups is 2. The van der Waals surface area contributed by atoms with Gasteiger partial charge in [-0.3, -0.25) is 0 Å². The second-order valence-corrected chi connectivity index (χ2v) is 4.61. The van der Waals surface area contributed by atoms with Gasteiger partial charge in [-0.25, -0.2) is 9.59 Å². The first-order valence-corrected chi connectivity index (χ1v) is 6.81. The van der Waals surface area contributed by atoms with Gasteiger partial charge in [0.05, 0.1) is 17.7 Å². The van der Waals surface area contributed by atoms with E-state index >= 15 is 0 Å². The Morgan fingerprint density at radius 1 is 1.17 bits per heavy atom. The molecule has 0 heterocycles. The molecule has 0 amide bonds. The van der Waals surface area contributed by atoms with Crippen LogP contribution in [-0.4, -0.2) is 18.5 Å². The fourth-order valence-corrected chi connectivity index (χ4v) is 2.28. The van der Waals surface area contributed by atoms with Gasteiger partial charge in [0.1, 0.15) is 0 Å². The van der Waals surface area contributed by atoms with Crippen molar-refractivity contribution in [2.24, 2.45) is 0 Å². The molecule has 0 atom stereocenters. The van der Waals surface area contributed by atoms with Crippen molar-refractivity contribution in [3.8, 4) is 0 Å². The van der Waals surface area contributed by atoms with E-state index in [1.165, 1.54) is 0 Å². The molecular formula is C12H12Br2O4. The lowest BCUT2D eigenvalue weighted by molar-refractivity contribution is 0.0518. The predicted octanol–water partition coefficient (Wildman–Crippen LogP) is 3.65. The zero-order valence-electron chi connectivity index (χ0n) is 9.96. The Bertz CT molecular complexity index is 471. The van der Waals surface area contributed by atoms with E-state index in [4.69, 9.17) is 4.74 Å². The number of hydrogen-bond donors (Lipinski definition) is 0. The highest BCUT2D eigenvalue weighted by Gasteiger charge is 2.21. The Kier molecular flexibility index (Phi) is 5.81. The van der Waals surface area contributed by atoms with Crippen LogP contribution in [0.15, 0.2) is 16.6 Å². The van der Waals surface area contributed by atoms with Gasteiger partial charge in [0.25, 0.3) is 0 Å². The summed E-state index contributed by atoms with van der Waals surface area (Å²) >= 11 is 5.99. The highest BCUT2D eigenvalue weighted by atomic mass is 79.9. The van der Waals surface area contributed by atoms with Crippen LogP contribution in [0.4, 0.5) is 0 Å². The molecule has 18 heavy (non-hydrogen) atoms. The van der Waals surface area contributed by atoms with Crippen LogP contribution in [0, 0.1) is 0 Å². The van der Waals surface area contributed by atoms with Gasteiger partial charge in [-0.1, -0.05) is 22.9 Å². The molecular weight excluding hydrogens is 368 g/mol. The maximum Gasteiger partial charge on any atom is 0.350 e. The summed E-state index contributed by atoms with van der Waals surface area (Å²) in [4.78, 5) is 23.4. The molecule has 0 spiro atoms. The van der Waals surface area contributed by atoms with E-state index in [2.05, 4.69) is 36.0 Å². The second-order valence-electron chi connectivity index (χ2n) is 3.43. The van der Waals surface area contributed by atoms with Crippen molar-refractivity contribution in [3.63, 3.8) is 0 Å². The Morgan fingerprint density at radius 3 is 2.28 bits per heavy atom. The predicted molar refractivity (Wildman–Crippen MR) is 73.8 cm³/mol. The number of esters is 1. The fourth-order valence-electron chi connectivity index (χ4n) is 1.48. The number of hydrogen-bond acceptors (Lipinski definition) is 4. The molecule has 1 aromatic rings. The summed E-state index contributed by atoms with van der Waals surface area (Å²) < 4.78 is 10.2. The van der Waals surface area contributed by atoms with Crippen LogP contribution in [0.1, 0.15) is 40.1 Å². The molecule has 0 unspecified atom stereocenters. The van der Waals surface area contributed by atoms with E-state index in [1.54, 1.807) is 19.1 Å². The van der Waals surface area contributed by atoms with Gasteiger partial charge in [0.2, 0.25) is 0 Å². The van der Waals surface area contributed by atoms with E-state index in [0.717, 1.165) is 16.5 Å². The minimum atomic E-state index is -0.625. The molecule has 6 heteroatoms. The molecule has 4 nitrogen and oxygen atoms in total. The van der Waals surface area contributed by atoms with Gasteiger partial charge in [-0.05, 0) is 31.0 Å². The van der Waals surface area contributed by atoms with Crippen molar-refractivity contribution in [2.75, 3.05) is 6.61 Å². The third-order valence-corrected chi connectivity index (χ3v) is 3.39. The van der Waals surface area contributed by atoms with Crippen molar-refractivity contribution >= 4 is 44.1 Å². The number of halogens is 2. The SMILES string of the molecule is CCOC(=O)c1cc(Br)c(CC)cc1C(=O)OBr. The van der Waals surface area contributed by atoms with Crippen LogP contribution < -0.4 is 0 Å². The average molecular weight is 380 g/mol. The molecule has 0 saturated carbocycles. The van der Waals surface area contributed by atoms with Crippen molar-refractivity contribution in [2.45, 2.75) is 20.3 Å². The molecule has 0 aromatic heterocycles. The minimum Gasteiger partial charge on any atom is -0.462 e. The summed E-state index contributed by atoms with van der Waals surface area (Å²) in [6.07, 6.45) is 0.728. The molecule has 1 aromatic carbocycles. The molecule has 0 saturated heterocycles. The summed E-state index contributed by atoms with van der Waals surface area (Å²) in [5.74, 6) is -1.17. The topological polar surface area (TPSA) is 52.6 Å². The third-order valence-electron chi connectivity index (χ3n) is 2.35. The zero-order valence-corrected chi connectivity index (χ0v) is 13.1. The number of aryl methyl sites for hydroxylation is 1. The van der Waals surface area contributed by atoms with Gasteiger partial charge in [0.15, 0.2) is 16.3 Å². The molecule has 98 valence electrons. The van der Waals surface area contributed by atoms with E-state index in [0.29, 0.717) is 0 Å². The first-order valence-electron chi connectivity index (χ1n) is 5.37. The maximum atomic E-state index is 11.8. The first-order chi connectivity index (χ1) is 8.54. The molecule has 1 rings (SSSR count). The normalized spacial score (nSPS) is 10.0. The molecule has 0 radical (unpaired) electrons. The van der Waals surface area contributed by atoms with Crippen LogP contribution >= 0.6 is 32.2 Å². The van der Waals surface area contributed by atoms with Gasteiger partial charge in [-0.2, -0.15) is 0 Å². The number of carbonyl (C=O) groups excluding carboxylic acids is 2. The quantitative estimate of drug-likeness (QED) is 0.749. The van der Waals surface area contributed by atoms with Crippen LogP contribution in [0.2, 0.25) is 0 Å². The number of ether oxygens (including phenoxy) is 1. The van der Waals surface area contributed by atoms with Crippen molar-refractivity contribution < 1.29 is 18.2 Å². The molecule has 0 bridgehead atoms. The largest absolute Gasteiger partial charge is 0.462 e. The van der Waals surface area contributed by atoms with Crippen molar-refractivity contribution in [3.05, 3.63) is 33.3 Å². The highest BCUT2D eigenvalue weighted by Crippen LogP contribution is 2.24. The Labute approximate surface area is 122 Å². The Morgan fingerprint density at radius 2 is 1.78 bits per heavy atom. The lowest BCUT2D eigenvalue weighted by Crippen LogP contribution is -2.13. The standard InChI is InChI=1S/C12H12Br2O4/c1-3-7-5-8(12(16)18-14)9(6-10(7)13)11(15)17-4-2/h5-6H,3-4H2,1-2H3. The highest BCUT2D eigenvalue weighted by molar-refractivity contribution is 9.10. The summed E-state index contributed by atoms with van der Waals surface area (Å²) in [5.41, 5.74) is 1.28. The van der Waals surface area contributed by atoms with E-state index < -0.39 is 11.9 Å². The Hall–Kier alpha value is -0.880. The van der Waals surface area contributed by atoms with E-state index in [-0.39, 0.29) is 17.7 Å². The van der Waals surface area contributed by atoms with Gasteiger partial charge in [0, 0.05) is 4.47 Å². The first kappa shape index (κ1) is 15.2. The molecule has 0 aliphatic carbocycles. The fraction of sp³-hybridized carbons (Fsp3) is 0.333. The van der Waals surface area contributed by atoms with Gasteiger partial charge < -0.3 is 8.57 Å². The summed E-state index contributed by atoms with van der Waals surface area (Å²) in [5, 5.41) is 0. The zero-order chi connectivity index (χ0) is 13.7. The number of rotatable bonds is 4. The van der Waals surface area contributed by atoms with Gasteiger partial charge in [-0.15, -0.1) is 0 Å². The summed E-state index contributed by atoms with van der Waals surface area (Å²) in [6.45, 7) is 3.90. The molecule has 0 aliphatic heterocycles. The van der Waals surface area contributed by atoms with E-state index in [1.807, 2.05) is 6.92 Å². The second kappa shape index (κ2) is 6.89. The smallest absolute Gasteiger partial charge is 0.350 e. The molecule has 0 aliphatic rings. The molecule has 0 N–H and O–H groups in total. The van der Waals surface area contributed by atoms with E-state index in [9.17, 15) is 9.59 Å². The van der Waals surface area contributed by atoms with Crippen molar-refractivity contribution in [1.82, 2.24) is 0 Å². The summed E-state index contributed by atoms with van der Waals surface area (Å²) in [6, 6.07) is 3.20. The maximum absolute atomic E-state index is 11.8. The molecule has 0 fully saturated rings. The van der Waals surface area contributed by atoms with Gasteiger partial charge >= 0.3 is 11.9 Å². The van der Waals surface area contributed by atoms with Crippen LogP contribution in [0.3, 0.4) is 0 Å². The lowest BCUT2D eigenvalue weighted by Gasteiger charge is -2.10. The Balaban J connectivity index is 3.34. The monoisotopic (exact) mass is 378 g/mol. The third kappa shape index (κ3) is 3.32. The van der Waals surface area contributed by atoms with Crippen LogP contribution in [-0.2, 0) is 15.0 Å².